The summed E-state index contributed by atoms with van der Waals surface area (Å²) in [7, 11) is 0. The van der Waals surface area contributed by atoms with Gasteiger partial charge >= 0.3 is 0 Å². The van der Waals surface area contributed by atoms with Crippen molar-refractivity contribution in [1.29, 1.82) is 5.26 Å². The molecule has 2 aliphatic heterocycles. The molecular formula is C28H38N4O4. The molecule has 4 rings (SSSR count). The highest BCUT2D eigenvalue weighted by Crippen LogP contribution is 2.26. The summed E-state index contributed by atoms with van der Waals surface area (Å²) in [5.74, 6) is -1.18. The second kappa shape index (κ2) is 13.6. The van der Waals surface area contributed by atoms with Gasteiger partial charge < -0.3 is 25.3 Å². The maximum absolute atomic E-state index is 12.6. The lowest BCUT2D eigenvalue weighted by Gasteiger charge is -2.34. The highest BCUT2D eigenvalue weighted by atomic mass is 16.3. The molecule has 2 aromatic rings. The molecule has 36 heavy (non-hydrogen) atoms. The molecule has 2 aromatic carbocycles. The Kier molecular flexibility index (Phi) is 10.9. The average Bonchev–Trinajstić information content (AvgIpc) is 3.36. The van der Waals surface area contributed by atoms with Crippen molar-refractivity contribution in [2.75, 3.05) is 24.5 Å². The number of piperidine rings is 1. The molecule has 194 valence electrons. The van der Waals surface area contributed by atoms with E-state index in [0.717, 1.165) is 42.7 Å². The molecule has 2 aliphatic rings. The van der Waals surface area contributed by atoms with Gasteiger partial charge in [-0.25, -0.2) is 0 Å². The van der Waals surface area contributed by atoms with E-state index in [2.05, 4.69) is 16.3 Å². The number of para-hydroxylation sites is 1. The standard InChI is InChI=1S/C25H28N4O4.C2H6.CH4/c26-13-18-5-3-4-8-21(18)28-11-9-17(10-12-28)14-27-24(32)22(30)23(31)25(33)29-15-19-6-1-2-7-20(19)16-29;1-2;/h1-8,17,22-23,30-31H,9-12,14-16H2,(H,27,32);1-2H3;1H4/t22-,23-;;/m1../s1. The van der Waals surface area contributed by atoms with Crippen LogP contribution in [0.15, 0.2) is 48.5 Å². The molecule has 2 amide bonds. The maximum Gasteiger partial charge on any atom is 0.255 e. The fourth-order valence-corrected chi connectivity index (χ4v) is 4.53. The first kappa shape index (κ1) is 28.8. The van der Waals surface area contributed by atoms with E-state index in [1.807, 2.05) is 56.3 Å². The number of anilines is 1. The number of aliphatic hydroxyl groups is 2. The Balaban J connectivity index is 0.00000148. The lowest BCUT2D eigenvalue weighted by molar-refractivity contribution is -0.153. The Morgan fingerprint density at radius 3 is 2.14 bits per heavy atom. The molecule has 8 heteroatoms. The predicted molar refractivity (Wildman–Crippen MR) is 140 cm³/mol. The lowest BCUT2D eigenvalue weighted by Crippen LogP contribution is -2.50. The number of nitrogens with one attached hydrogen (secondary N) is 1. The summed E-state index contributed by atoms with van der Waals surface area (Å²) in [6, 6.07) is 17.3. The zero-order chi connectivity index (χ0) is 25.4. The van der Waals surface area contributed by atoms with Gasteiger partial charge in [-0.2, -0.15) is 5.26 Å². The zero-order valence-electron chi connectivity index (χ0n) is 20.4. The molecule has 3 N–H and O–H groups in total. The molecule has 1 saturated heterocycles. The summed E-state index contributed by atoms with van der Waals surface area (Å²) in [6.45, 7) is 6.60. The average molecular weight is 495 g/mol. The first-order valence-electron chi connectivity index (χ1n) is 12.2. The molecular weight excluding hydrogens is 456 g/mol. The van der Waals surface area contributed by atoms with Crippen LogP contribution in [0.3, 0.4) is 0 Å². The quantitative estimate of drug-likeness (QED) is 0.569. The normalized spacial score (nSPS) is 16.4. The highest BCUT2D eigenvalue weighted by Gasteiger charge is 2.35. The second-order valence-electron chi connectivity index (χ2n) is 8.66. The van der Waals surface area contributed by atoms with Gasteiger partial charge in [-0.05, 0) is 42.0 Å². The molecule has 8 nitrogen and oxygen atoms in total. The van der Waals surface area contributed by atoms with Crippen LogP contribution >= 0.6 is 0 Å². The minimum atomic E-state index is -1.82. The van der Waals surface area contributed by atoms with Crippen molar-refractivity contribution < 1.29 is 19.8 Å². The molecule has 0 bridgehead atoms. The van der Waals surface area contributed by atoms with Crippen molar-refractivity contribution in [3.05, 3.63) is 65.2 Å². The maximum atomic E-state index is 12.6. The molecule has 0 radical (unpaired) electrons. The molecule has 0 unspecified atom stereocenters. The van der Waals surface area contributed by atoms with Crippen molar-refractivity contribution in [3.63, 3.8) is 0 Å². The van der Waals surface area contributed by atoms with Gasteiger partial charge in [-0.1, -0.05) is 57.7 Å². The SMILES string of the molecule is C.CC.N#Cc1ccccc1N1CCC(CNC(=O)[C@H](O)[C@@H](O)C(=O)N2Cc3ccccc3C2)CC1. The van der Waals surface area contributed by atoms with Gasteiger partial charge in [-0.3, -0.25) is 9.59 Å². The van der Waals surface area contributed by atoms with Crippen LogP contribution < -0.4 is 10.2 Å². The van der Waals surface area contributed by atoms with Crippen LogP contribution in [0.5, 0.6) is 0 Å². The first-order valence-corrected chi connectivity index (χ1v) is 12.2. The Labute approximate surface area is 214 Å². The number of carbonyl (C=O) groups excluding carboxylic acids is 2. The summed E-state index contributed by atoms with van der Waals surface area (Å²) in [5, 5.41) is 32.6. The van der Waals surface area contributed by atoms with E-state index in [9.17, 15) is 25.1 Å². The fourth-order valence-electron chi connectivity index (χ4n) is 4.53. The number of carbonyl (C=O) groups is 2. The van der Waals surface area contributed by atoms with Crippen molar-refractivity contribution in [1.82, 2.24) is 10.2 Å². The number of benzene rings is 2. The minimum absolute atomic E-state index is 0. The number of hydrogen-bond donors (Lipinski definition) is 3. The third-order valence-corrected chi connectivity index (χ3v) is 6.52. The Morgan fingerprint density at radius 1 is 1.00 bits per heavy atom. The molecule has 0 aliphatic carbocycles. The van der Waals surface area contributed by atoms with E-state index in [-0.39, 0.29) is 13.3 Å². The van der Waals surface area contributed by atoms with Gasteiger partial charge in [0.1, 0.15) is 6.07 Å². The van der Waals surface area contributed by atoms with Crippen LogP contribution in [0, 0.1) is 17.2 Å². The van der Waals surface area contributed by atoms with E-state index in [4.69, 9.17) is 0 Å². The van der Waals surface area contributed by atoms with E-state index in [0.29, 0.717) is 25.2 Å². The van der Waals surface area contributed by atoms with Gasteiger partial charge in [0, 0.05) is 32.7 Å². The third-order valence-electron chi connectivity index (χ3n) is 6.52. The number of nitriles is 1. The summed E-state index contributed by atoms with van der Waals surface area (Å²) in [4.78, 5) is 28.6. The van der Waals surface area contributed by atoms with Crippen molar-refractivity contribution in [3.8, 4) is 6.07 Å². The largest absolute Gasteiger partial charge is 0.380 e. The minimum Gasteiger partial charge on any atom is -0.380 e. The monoisotopic (exact) mass is 494 g/mol. The summed E-state index contributed by atoms with van der Waals surface area (Å²) < 4.78 is 0. The fraction of sp³-hybridized carbons (Fsp3) is 0.464. The molecule has 2 atom stereocenters. The second-order valence-corrected chi connectivity index (χ2v) is 8.66. The van der Waals surface area contributed by atoms with E-state index in [1.165, 1.54) is 4.90 Å². The van der Waals surface area contributed by atoms with Crippen LogP contribution in [0.2, 0.25) is 0 Å². The highest BCUT2D eigenvalue weighted by molar-refractivity contribution is 5.91. The number of fused-ring (bicyclic) bond motifs is 1. The van der Waals surface area contributed by atoms with Gasteiger partial charge in [0.2, 0.25) is 0 Å². The molecule has 2 heterocycles. The van der Waals surface area contributed by atoms with Gasteiger partial charge in [0.25, 0.3) is 11.8 Å². The van der Waals surface area contributed by atoms with E-state index in [1.54, 1.807) is 6.07 Å². The summed E-state index contributed by atoms with van der Waals surface area (Å²) >= 11 is 0. The number of amides is 2. The molecule has 1 fully saturated rings. The van der Waals surface area contributed by atoms with Crippen molar-refractivity contribution in [2.45, 2.75) is 59.4 Å². The molecule has 0 spiro atoms. The number of aliphatic hydroxyl groups excluding tert-OH is 2. The van der Waals surface area contributed by atoms with Gasteiger partial charge in [0.05, 0.1) is 11.3 Å². The van der Waals surface area contributed by atoms with Gasteiger partial charge in [0.15, 0.2) is 12.2 Å². The van der Waals surface area contributed by atoms with Crippen LogP contribution in [0.4, 0.5) is 5.69 Å². The first-order chi connectivity index (χ1) is 17.0. The Hall–Kier alpha value is -3.41. The predicted octanol–water partition coefficient (Wildman–Crippen LogP) is 2.82. The van der Waals surface area contributed by atoms with Crippen LogP contribution in [-0.4, -0.2) is 58.8 Å². The Morgan fingerprint density at radius 2 is 1.56 bits per heavy atom. The summed E-state index contributed by atoms with van der Waals surface area (Å²) in [5.41, 5.74) is 3.57. The number of hydrogen-bond acceptors (Lipinski definition) is 6. The Bertz CT molecular complexity index is 1030. The van der Waals surface area contributed by atoms with Gasteiger partial charge in [-0.15, -0.1) is 0 Å². The van der Waals surface area contributed by atoms with E-state index >= 15 is 0 Å². The van der Waals surface area contributed by atoms with Crippen LogP contribution in [0.25, 0.3) is 0 Å². The summed E-state index contributed by atoms with van der Waals surface area (Å²) in [6.07, 6.45) is -1.97. The lowest BCUT2D eigenvalue weighted by atomic mass is 9.95. The van der Waals surface area contributed by atoms with E-state index < -0.39 is 24.0 Å². The topological polar surface area (TPSA) is 117 Å². The zero-order valence-corrected chi connectivity index (χ0v) is 20.4. The number of rotatable bonds is 6. The van der Waals surface area contributed by atoms with Crippen LogP contribution in [0.1, 0.15) is 50.8 Å². The van der Waals surface area contributed by atoms with Crippen LogP contribution in [-0.2, 0) is 22.7 Å². The van der Waals surface area contributed by atoms with Crippen molar-refractivity contribution in [2.24, 2.45) is 5.92 Å². The smallest absolute Gasteiger partial charge is 0.255 e. The van der Waals surface area contributed by atoms with Crippen molar-refractivity contribution >= 4 is 17.5 Å². The number of nitrogens with zero attached hydrogens (tertiary/aromatic N) is 3. The molecule has 0 saturated carbocycles. The third kappa shape index (κ3) is 6.62. The molecule has 0 aromatic heterocycles.